The second kappa shape index (κ2) is 8.79. The number of Topliss-reactive ketones (excluding diaryl/α,β-unsaturated/α-hetero) is 1. The van der Waals surface area contributed by atoms with E-state index in [4.69, 9.17) is 5.73 Å². The number of nitrogens with two attached hydrogens (primary N) is 1. The fraction of sp³-hybridized carbons (Fsp3) is 0.381. The Bertz CT molecular complexity index is 679. The molecule has 0 aromatic heterocycles. The van der Waals surface area contributed by atoms with Gasteiger partial charge in [0, 0.05) is 50.4 Å². The molecule has 0 radical (unpaired) electrons. The summed E-state index contributed by atoms with van der Waals surface area (Å²) in [6, 6.07) is 18.3. The number of ketones is 1. The lowest BCUT2D eigenvalue weighted by Gasteiger charge is -2.36. The predicted molar refractivity (Wildman–Crippen MR) is 103 cm³/mol. The fourth-order valence-electron chi connectivity index (χ4n) is 3.44. The van der Waals surface area contributed by atoms with Gasteiger partial charge in [0.15, 0.2) is 5.78 Å². The Labute approximate surface area is 150 Å². The lowest BCUT2D eigenvalue weighted by atomic mass is 10.0. The van der Waals surface area contributed by atoms with Gasteiger partial charge < -0.3 is 10.6 Å². The average molecular weight is 337 g/mol. The van der Waals surface area contributed by atoms with Crippen LogP contribution in [0.2, 0.25) is 0 Å². The molecule has 2 aromatic carbocycles. The molecule has 2 aromatic rings. The highest BCUT2D eigenvalue weighted by atomic mass is 16.1. The van der Waals surface area contributed by atoms with Crippen LogP contribution in [0.4, 0.5) is 5.69 Å². The molecule has 4 heteroatoms. The first-order chi connectivity index (χ1) is 12.3. The SMILES string of the molecule is NCc1ccccc1C(=O)CCCN1CCN(c2ccccc2)CC1. The van der Waals surface area contributed by atoms with Crippen LogP contribution in [0.3, 0.4) is 0 Å². The third-order valence-electron chi connectivity index (χ3n) is 4.91. The molecular formula is C21H27N3O. The third kappa shape index (κ3) is 4.68. The van der Waals surface area contributed by atoms with E-state index in [0.29, 0.717) is 13.0 Å². The third-order valence-corrected chi connectivity index (χ3v) is 4.91. The Morgan fingerprint density at radius 1 is 0.920 bits per heavy atom. The lowest BCUT2D eigenvalue weighted by Crippen LogP contribution is -2.46. The summed E-state index contributed by atoms with van der Waals surface area (Å²) in [4.78, 5) is 17.3. The molecule has 1 saturated heterocycles. The molecule has 1 aliphatic rings. The van der Waals surface area contributed by atoms with E-state index in [1.165, 1.54) is 5.69 Å². The molecule has 25 heavy (non-hydrogen) atoms. The fourth-order valence-corrected chi connectivity index (χ4v) is 3.44. The van der Waals surface area contributed by atoms with Crippen molar-refractivity contribution >= 4 is 11.5 Å². The van der Waals surface area contributed by atoms with E-state index in [2.05, 4.69) is 40.1 Å². The normalized spacial score (nSPS) is 15.3. The Hall–Kier alpha value is -2.17. The van der Waals surface area contributed by atoms with Crippen LogP contribution in [-0.2, 0) is 6.54 Å². The molecular weight excluding hydrogens is 310 g/mol. The number of hydrogen-bond acceptors (Lipinski definition) is 4. The molecule has 4 nitrogen and oxygen atoms in total. The van der Waals surface area contributed by atoms with Crippen molar-refractivity contribution in [3.8, 4) is 0 Å². The zero-order valence-electron chi connectivity index (χ0n) is 14.7. The van der Waals surface area contributed by atoms with Crippen LogP contribution in [0, 0.1) is 0 Å². The van der Waals surface area contributed by atoms with Crippen molar-refractivity contribution in [3.05, 3.63) is 65.7 Å². The molecule has 0 atom stereocenters. The van der Waals surface area contributed by atoms with E-state index in [1.807, 2.05) is 24.3 Å². The van der Waals surface area contributed by atoms with Crippen LogP contribution in [-0.4, -0.2) is 43.4 Å². The number of benzene rings is 2. The quantitative estimate of drug-likeness (QED) is 0.789. The van der Waals surface area contributed by atoms with Gasteiger partial charge in [-0.3, -0.25) is 9.69 Å². The molecule has 1 aliphatic heterocycles. The molecule has 0 amide bonds. The monoisotopic (exact) mass is 337 g/mol. The van der Waals surface area contributed by atoms with E-state index < -0.39 is 0 Å². The minimum absolute atomic E-state index is 0.212. The van der Waals surface area contributed by atoms with Crippen molar-refractivity contribution < 1.29 is 4.79 Å². The summed E-state index contributed by atoms with van der Waals surface area (Å²) < 4.78 is 0. The number of carbonyl (C=O) groups is 1. The number of piperazine rings is 1. The maximum Gasteiger partial charge on any atom is 0.163 e. The smallest absolute Gasteiger partial charge is 0.163 e. The predicted octanol–water partition coefficient (Wildman–Crippen LogP) is 2.93. The second-order valence-corrected chi connectivity index (χ2v) is 6.55. The number of nitrogens with zero attached hydrogens (tertiary/aromatic N) is 2. The Morgan fingerprint density at radius 3 is 2.32 bits per heavy atom. The van der Waals surface area contributed by atoms with Crippen molar-refractivity contribution in [2.24, 2.45) is 5.73 Å². The van der Waals surface area contributed by atoms with Gasteiger partial charge in [-0.2, -0.15) is 0 Å². The van der Waals surface area contributed by atoms with E-state index in [0.717, 1.165) is 50.3 Å². The molecule has 0 unspecified atom stereocenters. The summed E-state index contributed by atoms with van der Waals surface area (Å²) >= 11 is 0. The Balaban J connectivity index is 1.42. The summed E-state index contributed by atoms with van der Waals surface area (Å²) in [5, 5.41) is 0. The van der Waals surface area contributed by atoms with Gasteiger partial charge in [0.05, 0.1) is 0 Å². The summed E-state index contributed by atoms with van der Waals surface area (Å²) in [7, 11) is 0. The van der Waals surface area contributed by atoms with Crippen LogP contribution in [0.15, 0.2) is 54.6 Å². The maximum atomic E-state index is 12.4. The maximum absolute atomic E-state index is 12.4. The highest BCUT2D eigenvalue weighted by molar-refractivity contribution is 5.97. The first-order valence-corrected chi connectivity index (χ1v) is 9.11. The Morgan fingerprint density at radius 2 is 1.60 bits per heavy atom. The number of para-hydroxylation sites is 1. The zero-order chi connectivity index (χ0) is 17.5. The van der Waals surface area contributed by atoms with E-state index >= 15 is 0 Å². The van der Waals surface area contributed by atoms with Gasteiger partial charge in [-0.05, 0) is 30.7 Å². The largest absolute Gasteiger partial charge is 0.369 e. The van der Waals surface area contributed by atoms with E-state index in [1.54, 1.807) is 0 Å². The molecule has 2 N–H and O–H groups in total. The van der Waals surface area contributed by atoms with Gasteiger partial charge >= 0.3 is 0 Å². The van der Waals surface area contributed by atoms with Gasteiger partial charge in [0.1, 0.15) is 0 Å². The van der Waals surface area contributed by atoms with Crippen LogP contribution >= 0.6 is 0 Å². The zero-order valence-corrected chi connectivity index (χ0v) is 14.7. The van der Waals surface area contributed by atoms with Gasteiger partial charge in [-0.25, -0.2) is 0 Å². The molecule has 1 fully saturated rings. The lowest BCUT2D eigenvalue weighted by molar-refractivity contribution is 0.0973. The standard InChI is InChI=1S/C21H27N3O/c22-17-18-7-4-5-10-20(18)21(25)11-6-12-23-13-15-24(16-14-23)19-8-2-1-3-9-19/h1-5,7-10H,6,11-17,22H2. The summed E-state index contributed by atoms with van der Waals surface area (Å²) in [6.45, 7) is 5.62. The summed E-state index contributed by atoms with van der Waals surface area (Å²) in [5.41, 5.74) is 8.77. The topological polar surface area (TPSA) is 49.6 Å². The van der Waals surface area contributed by atoms with Crippen molar-refractivity contribution in [3.63, 3.8) is 0 Å². The number of anilines is 1. The molecule has 0 saturated carbocycles. The molecule has 0 bridgehead atoms. The van der Waals surface area contributed by atoms with Crippen molar-refractivity contribution in [1.82, 2.24) is 4.90 Å². The highest BCUT2D eigenvalue weighted by Crippen LogP contribution is 2.16. The van der Waals surface area contributed by atoms with Crippen LogP contribution in [0.1, 0.15) is 28.8 Å². The van der Waals surface area contributed by atoms with E-state index in [9.17, 15) is 4.79 Å². The number of rotatable bonds is 7. The molecule has 0 spiro atoms. The second-order valence-electron chi connectivity index (χ2n) is 6.55. The van der Waals surface area contributed by atoms with Gasteiger partial charge in [0.2, 0.25) is 0 Å². The van der Waals surface area contributed by atoms with E-state index in [-0.39, 0.29) is 5.78 Å². The molecule has 1 heterocycles. The molecule has 3 rings (SSSR count). The summed E-state index contributed by atoms with van der Waals surface area (Å²) in [6.07, 6.45) is 1.50. The summed E-state index contributed by atoms with van der Waals surface area (Å²) in [5.74, 6) is 0.212. The first-order valence-electron chi connectivity index (χ1n) is 9.11. The number of hydrogen-bond donors (Lipinski definition) is 1. The minimum atomic E-state index is 0.212. The number of carbonyl (C=O) groups excluding carboxylic acids is 1. The average Bonchev–Trinajstić information content (AvgIpc) is 2.69. The van der Waals surface area contributed by atoms with Gasteiger partial charge in [-0.1, -0.05) is 42.5 Å². The highest BCUT2D eigenvalue weighted by Gasteiger charge is 2.17. The van der Waals surface area contributed by atoms with Crippen LogP contribution < -0.4 is 10.6 Å². The van der Waals surface area contributed by atoms with Crippen molar-refractivity contribution in [1.29, 1.82) is 0 Å². The van der Waals surface area contributed by atoms with Crippen LogP contribution in [0.25, 0.3) is 0 Å². The van der Waals surface area contributed by atoms with Crippen molar-refractivity contribution in [2.75, 3.05) is 37.6 Å². The molecule has 132 valence electrons. The first kappa shape index (κ1) is 17.6. The van der Waals surface area contributed by atoms with Gasteiger partial charge in [-0.15, -0.1) is 0 Å². The van der Waals surface area contributed by atoms with Gasteiger partial charge in [0.25, 0.3) is 0 Å². The molecule has 0 aliphatic carbocycles. The van der Waals surface area contributed by atoms with Crippen LogP contribution in [0.5, 0.6) is 0 Å². The van der Waals surface area contributed by atoms with Crippen molar-refractivity contribution in [2.45, 2.75) is 19.4 Å². The Kier molecular flexibility index (Phi) is 6.20. The minimum Gasteiger partial charge on any atom is -0.369 e.